The Morgan fingerprint density at radius 3 is 2.92 bits per heavy atom. The summed E-state index contributed by atoms with van der Waals surface area (Å²) in [5.41, 5.74) is 3.29. The molecule has 0 fully saturated rings. The van der Waals surface area contributed by atoms with Crippen molar-refractivity contribution in [3.05, 3.63) is 64.8 Å². The summed E-state index contributed by atoms with van der Waals surface area (Å²) in [6.07, 6.45) is 1.69. The minimum atomic E-state index is 0.424. The van der Waals surface area contributed by atoms with Crippen LogP contribution in [0.5, 0.6) is 0 Å². The first kappa shape index (κ1) is 14.8. The maximum Gasteiger partial charge on any atom is 0.159 e. The number of nitrogens with one attached hydrogen (secondary N) is 1. The van der Waals surface area contributed by atoms with Gasteiger partial charge in [-0.15, -0.1) is 10.2 Å². The number of halogens is 1. The fraction of sp³-hybridized carbons (Fsp3) is 0.176. The predicted octanol–water partition coefficient (Wildman–Crippen LogP) is 3.10. The molecule has 1 aromatic carbocycles. The van der Waals surface area contributed by atoms with Gasteiger partial charge in [-0.2, -0.15) is 0 Å². The van der Waals surface area contributed by atoms with Crippen molar-refractivity contribution >= 4 is 23.1 Å². The fourth-order valence-electron chi connectivity index (χ4n) is 2.76. The van der Waals surface area contributed by atoms with Crippen LogP contribution in [0.15, 0.2) is 47.7 Å². The Labute approximate surface area is 144 Å². The van der Waals surface area contributed by atoms with E-state index in [-0.39, 0.29) is 0 Å². The van der Waals surface area contributed by atoms with Crippen LogP contribution in [0.25, 0.3) is 5.69 Å². The number of hydrogen-bond donors (Lipinski definition) is 1. The Kier molecular flexibility index (Phi) is 3.74. The third kappa shape index (κ3) is 2.45. The molecule has 24 heavy (non-hydrogen) atoms. The standard InChI is InChI=1S/C17H15ClN6/c1-2-19-14-8-7-13-17(22-14)16(11-5-3-4-6-12(11)18)20-9-15-23-21-10-24(13)15/h3-8,10H,2,9H2,1H3,(H,19,22). The monoisotopic (exact) mass is 338 g/mol. The third-order valence-electron chi connectivity index (χ3n) is 3.84. The Bertz CT molecular complexity index is 930. The molecule has 0 saturated carbocycles. The smallest absolute Gasteiger partial charge is 0.159 e. The quantitative estimate of drug-likeness (QED) is 0.796. The number of hydrogen-bond acceptors (Lipinski definition) is 5. The fourth-order valence-corrected chi connectivity index (χ4v) is 2.98. The summed E-state index contributed by atoms with van der Waals surface area (Å²) >= 11 is 6.40. The molecule has 0 amide bonds. The van der Waals surface area contributed by atoms with Crippen LogP contribution in [0.1, 0.15) is 24.0 Å². The molecule has 120 valence electrons. The molecular formula is C17H15ClN6. The second-order valence-electron chi connectivity index (χ2n) is 5.36. The molecule has 1 aliphatic heterocycles. The zero-order valence-corrected chi connectivity index (χ0v) is 13.8. The van der Waals surface area contributed by atoms with Gasteiger partial charge in [0.15, 0.2) is 5.82 Å². The van der Waals surface area contributed by atoms with E-state index in [4.69, 9.17) is 21.6 Å². The number of rotatable bonds is 3. The highest BCUT2D eigenvalue weighted by Gasteiger charge is 2.22. The van der Waals surface area contributed by atoms with Crippen molar-refractivity contribution in [1.29, 1.82) is 0 Å². The average Bonchev–Trinajstić information content (AvgIpc) is 3.00. The minimum Gasteiger partial charge on any atom is -0.370 e. The lowest BCUT2D eigenvalue weighted by Gasteiger charge is -2.13. The van der Waals surface area contributed by atoms with Crippen molar-refractivity contribution in [2.24, 2.45) is 4.99 Å². The molecule has 4 rings (SSSR count). The number of nitrogens with zero attached hydrogens (tertiary/aromatic N) is 5. The van der Waals surface area contributed by atoms with E-state index in [1.807, 2.05) is 47.9 Å². The lowest BCUT2D eigenvalue weighted by Crippen LogP contribution is -2.12. The molecule has 3 heterocycles. The van der Waals surface area contributed by atoms with Gasteiger partial charge in [-0.25, -0.2) is 4.98 Å². The average molecular weight is 339 g/mol. The molecule has 0 saturated heterocycles. The van der Waals surface area contributed by atoms with Crippen LogP contribution in [0, 0.1) is 0 Å². The Morgan fingerprint density at radius 1 is 1.21 bits per heavy atom. The number of aromatic nitrogens is 4. The van der Waals surface area contributed by atoms with E-state index < -0.39 is 0 Å². The van der Waals surface area contributed by atoms with Crippen molar-refractivity contribution in [2.45, 2.75) is 13.5 Å². The van der Waals surface area contributed by atoms with Crippen molar-refractivity contribution < 1.29 is 0 Å². The summed E-state index contributed by atoms with van der Waals surface area (Å²) in [5, 5.41) is 12.0. The number of pyridine rings is 1. The molecular weight excluding hydrogens is 324 g/mol. The van der Waals surface area contributed by atoms with Crippen molar-refractivity contribution in [3.63, 3.8) is 0 Å². The van der Waals surface area contributed by atoms with E-state index in [0.29, 0.717) is 11.6 Å². The van der Waals surface area contributed by atoms with E-state index in [0.717, 1.165) is 40.8 Å². The highest BCUT2D eigenvalue weighted by atomic mass is 35.5. The van der Waals surface area contributed by atoms with Gasteiger partial charge in [0.05, 0.1) is 16.4 Å². The summed E-state index contributed by atoms with van der Waals surface area (Å²) in [6, 6.07) is 11.6. The number of fused-ring (bicyclic) bond motifs is 3. The third-order valence-corrected chi connectivity index (χ3v) is 4.17. The first-order valence-corrected chi connectivity index (χ1v) is 8.09. The summed E-state index contributed by atoms with van der Waals surface area (Å²) in [4.78, 5) is 9.49. The molecule has 1 aliphatic rings. The first-order valence-electron chi connectivity index (χ1n) is 7.72. The lowest BCUT2D eigenvalue weighted by molar-refractivity contribution is 0.869. The lowest BCUT2D eigenvalue weighted by atomic mass is 10.1. The minimum absolute atomic E-state index is 0.424. The zero-order valence-electron chi connectivity index (χ0n) is 13.1. The van der Waals surface area contributed by atoms with Gasteiger partial charge >= 0.3 is 0 Å². The molecule has 0 unspecified atom stereocenters. The molecule has 1 N–H and O–H groups in total. The predicted molar refractivity (Wildman–Crippen MR) is 94.1 cm³/mol. The van der Waals surface area contributed by atoms with E-state index in [9.17, 15) is 0 Å². The largest absolute Gasteiger partial charge is 0.370 e. The molecule has 0 aliphatic carbocycles. The second-order valence-corrected chi connectivity index (χ2v) is 5.76. The highest BCUT2D eigenvalue weighted by Crippen LogP contribution is 2.27. The summed E-state index contributed by atoms with van der Waals surface area (Å²) in [5.74, 6) is 1.57. The van der Waals surface area contributed by atoms with E-state index in [2.05, 4.69) is 15.5 Å². The van der Waals surface area contributed by atoms with Crippen LogP contribution in [0.2, 0.25) is 5.02 Å². The van der Waals surface area contributed by atoms with E-state index in [1.54, 1.807) is 6.33 Å². The van der Waals surface area contributed by atoms with Crippen LogP contribution in [0.3, 0.4) is 0 Å². The normalized spacial score (nSPS) is 12.8. The van der Waals surface area contributed by atoms with Gasteiger partial charge in [-0.05, 0) is 25.1 Å². The van der Waals surface area contributed by atoms with Gasteiger partial charge in [0, 0.05) is 12.1 Å². The number of benzene rings is 1. The van der Waals surface area contributed by atoms with Crippen LogP contribution < -0.4 is 5.32 Å². The van der Waals surface area contributed by atoms with Gasteiger partial charge in [0.25, 0.3) is 0 Å². The van der Waals surface area contributed by atoms with Crippen LogP contribution >= 0.6 is 11.6 Å². The van der Waals surface area contributed by atoms with E-state index >= 15 is 0 Å². The van der Waals surface area contributed by atoms with Crippen LogP contribution in [-0.2, 0) is 6.54 Å². The first-order chi connectivity index (χ1) is 11.8. The highest BCUT2D eigenvalue weighted by molar-refractivity contribution is 6.35. The zero-order chi connectivity index (χ0) is 16.5. The van der Waals surface area contributed by atoms with E-state index in [1.165, 1.54) is 0 Å². The van der Waals surface area contributed by atoms with Crippen LogP contribution in [-0.4, -0.2) is 32.0 Å². The molecule has 0 bridgehead atoms. The molecule has 0 atom stereocenters. The molecule has 3 aromatic rings. The molecule has 2 aromatic heterocycles. The maximum absolute atomic E-state index is 6.40. The van der Waals surface area contributed by atoms with Crippen molar-refractivity contribution in [3.8, 4) is 5.69 Å². The molecule has 7 heteroatoms. The molecule has 6 nitrogen and oxygen atoms in total. The van der Waals surface area contributed by atoms with Crippen LogP contribution in [0.4, 0.5) is 5.82 Å². The summed E-state index contributed by atoms with van der Waals surface area (Å²) in [6.45, 7) is 3.25. The SMILES string of the molecule is CCNc1ccc2c(n1)C(c1ccccc1Cl)=NCc1nncn1-2. The summed E-state index contributed by atoms with van der Waals surface area (Å²) < 4.78 is 1.92. The van der Waals surface area contributed by atoms with Gasteiger partial charge < -0.3 is 5.32 Å². The number of anilines is 1. The summed E-state index contributed by atoms with van der Waals surface area (Å²) in [7, 11) is 0. The molecule has 0 radical (unpaired) electrons. The van der Waals surface area contributed by atoms with Gasteiger partial charge in [0.2, 0.25) is 0 Å². The Morgan fingerprint density at radius 2 is 2.08 bits per heavy atom. The van der Waals surface area contributed by atoms with Gasteiger partial charge in [0.1, 0.15) is 24.4 Å². The second kappa shape index (κ2) is 6.05. The molecule has 0 spiro atoms. The maximum atomic E-state index is 6.40. The Hall–Kier alpha value is -2.73. The van der Waals surface area contributed by atoms with Gasteiger partial charge in [-0.3, -0.25) is 9.56 Å². The van der Waals surface area contributed by atoms with Gasteiger partial charge in [-0.1, -0.05) is 29.8 Å². The topological polar surface area (TPSA) is 68.0 Å². The Balaban J connectivity index is 1.96. The number of aliphatic imine (C=N–C) groups is 1. The van der Waals surface area contributed by atoms with Crippen molar-refractivity contribution in [2.75, 3.05) is 11.9 Å². The van der Waals surface area contributed by atoms with Crippen molar-refractivity contribution in [1.82, 2.24) is 19.7 Å².